The Hall–Kier alpha value is -0.910. The third-order valence-electron chi connectivity index (χ3n) is 3.58. The Kier molecular flexibility index (Phi) is 5.52. The first-order valence-electron chi connectivity index (χ1n) is 6.57. The molecule has 1 atom stereocenters. The minimum absolute atomic E-state index is 0.287. The Balaban J connectivity index is 2.89. The normalized spacial score (nSPS) is 13.8. The van der Waals surface area contributed by atoms with Gasteiger partial charge in [-0.15, -0.1) is 0 Å². The zero-order chi connectivity index (χ0) is 14.6. The highest BCUT2D eigenvalue weighted by Gasteiger charge is 2.17. The molecule has 0 spiro atoms. The van der Waals surface area contributed by atoms with Gasteiger partial charge < -0.3 is 5.73 Å². The molecule has 0 fully saturated rings. The summed E-state index contributed by atoms with van der Waals surface area (Å²) in [5, 5.41) is 0. The molecule has 0 heterocycles. The van der Waals surface area contributed by atoms with Gasteiger partial charge in [-0.05, 0) is 42.0 Å². The molecule has 0 aliphatic heterocycles. The Morgan fingerprint density at radius 3 is 2.42 bits per heavy atom. The molecule has 19 heavy (non-hydrogen) atoms. The molecule has 1 aromatic rings. The van der Waals surface area contributed by atoms with E-state index in [0.717, 1.165) is 11.1 Å². The lowest BCUT2D eigenvalue weighted by Gasteiger charge is -2.16. The minimum atomic E-state index is -3.44. The molecule has 0 amide bonds. The fraction of sp³-hybridized carbons (Fsp3) is 0.571. The quantitative estimate of drug-likeness (QED) is 0.839. The molecule has 0 saturated heterocycles. The summed E-state index contributed by atoms with van der Waals surface area (Å²) in [6.07, 6.45) is 0. The van der Waals surface area contributed by atoms with Crippen LogP contribution in [-0.4, -0.2) is 15.0 Å². The van der Waals surface area contributed by atoms with Crippen molar-refractivity contribution in [3.63, 3.8) is 0 Å². The van der Waals surface area contributed by atoms with Gasteiger partial charge in [0.15, 0.2) is 0 Å². The van der Waals surface area contributed by atoms with Crippen molar-refractivity contribution in [2.75, 3.05) is 6.54 Å². The molecule has 0 aliphatic rings. The molecule has 0 bridgehead atoms. The summed E-state index contributed by atoms with van der Waals surface area (Å²) in [4.78, 5) is 0.287. The second kappa shape index (κ2) is 6.50. The maximum Gasteiger partial charge on any atom is 0.240 e. The van der Waals surface area contributed by atoms with Gasteiger partial charge in [0.1, 0.15) is 0 Å². The number of nitrogens with two attached hydrogens (primary N) is 1. The van der Waals surface area contributed by atoms with E-state index in [1.165, 1.54) is 0 Å². The van der Waals surface area contributed by atoms with Gasteiger partial charge in [-0.1, -0.05) is 26.8 Å². The Labute approximate surface area is 116 Å². The molecule has 3 N–H and O–H groups in total. The fourth-order valence-electron chi connectivity index (χ4n) is 1.60. The molecule has 1 rings (SSSR count). The standard InChI is InChI=1S/C14H24N2O2S/c1-10(2)12(4)9-16-19(17,18)14-6-5-11(3)13(7-14)8-15/h5-7,10,12,16H,8-9,15H2,1-4H3. The largest absolute Gasteiger partial charge is 0.326 e. The molecule has 1 unspecified atom stereocenters. The number of nitrogens with one attached hydrogen (secondary N) is 1. The van der Waals surface area contributed by atoms with Gasteiger partial charge in [0, 0.05) is 13.1 Å². The van der Waals surface area contributed by atoms with E-state index in [0.29, 0.717) is 24.9 Å². The lowest BCUT2D eigenvalue weighted by atomic mass is 9.99. The van der Waals surface area contributed by atoms with Crippen molar-refractivity contribution in [1.82, 2.24) is 4.72 Å². The van der Waals surface area contributed by atoms with E-state index in [4.69, 9.17) is 5.73 Å². The van der Waals surface area contributed by atoms with Gasteiger partial charge in [-0.25, -0.2) is 13.1 Å². The Bertz CT molecular complexity index is 524. The highest BCUT2D eigenvalue weighted by Crippen LogP contribution is 2.16. The number of hydrogen-bond acceptors (Lipinski definition) is 3. The van der Waals surface area contributed by atoms with Crippen LogP contribution in [0.5, 0.6) is 0 Å². The fourth-order valence-corrected chi connectivity index (χ4v) is 2.79. The maximum atomic E-state index is 12.2. The van der Waals surface area contributed by atoms with Gasteiger partial charge >= 0.3 is 0 Å². The lowest BCUT2D eigenvalue weighted by molar-refractivity contribution is 0.414. The molecule has 108 valence electrons. The smallest absolute Gasteiger partial charge is 0.240 e. The Morgan fingerprint density at radius 2 is 1.89 bits per heavy atom. The average molecular weight is 284 g/mol. The molecule has 4 nitrogen and oxygen atoms in total. The average Bonchev–Trinajstić information content (AvgIpc) is 2.36. The predicted octanol–water partition coefficient (Wildman–Crippen LogP) is 2.02. The van der Waals surface area contributed by atoms with E-state index in [-0.39, 0.29) is 4.90 Å². The van der Waals surface area contributed by atoms with E-state index in [2.05, 4.69) is 18.6 Å². The first-order chi connectivity index (χ1) is 8.77. The van der Waals surface area contributed by atoms with Crippen LogP contribution in [0.4, 0.5) is 0 Å². The predicted molar refractivity (Wildman–Crippen MR) is 78.3 cm³/mol. The van der Waals surface area contributed by atoms with Gasteiger partial charge in [0.25, 0.3) is 0 Å². The molecule has 0 aliphatic carbocycles. The first kappa shape index (κ1) is 16.1. The van der Waals surface area contributed by atoms with Crippen LogP contribution in [0.25, 0.3) is 0 Å². The zero-order valence-corrected chi connectivity index (χ0v) is 12.9. The topological polar surface area (TPSA) is 72.2 Å². The highest BCUT2D eigenvalue weighted by molar-refractivity contribution is 7.89. The van der Waals surface area contributed by atoms with Crippen molar-refractivity contribution >= 4 is 10.0 Å². The molecular formula is C14H24N2O2S. The number of rotatable bonds is 6. The van der Waals surface area contributed by atoms with Crippen molar-refractivity contribution in [2.45, 2.75) is 39.1 Å². The number of aryl methyl sites for hydroxylation is 1. The van der Waals surface area contributed by atoms with Crippen molar-refractivity contribution < 1.29 is 8.42 Å². The summed E-state index contributed by atoms with van der Waals surface area (Å²) >= 11 is 0. The van der Waals surface area contributed by atoms with Crippen LogP contribution in [-0.2, 0) is 16.6 Å². The molecule has 5 heteroatoms. The van der Waals surface area contributed by atoms with Gasteiger partial charge in [-0.2, -0.15) is 0 Å². The van der Waals surface area contributed by atoms with E-state index >= 15 is 0 Å². The lowest BCUT2D eigenvalue weighted by Crippen LogP contribution is -2.30. The molecule has 0 radical (unpaired) electrons. The highest BCUT2D eigenvalue weighted by atomic mass is 32.2. The maximum absolute atomic E-state index is 12.2. The van der Waals surface area contributed by atoms with Crippen LogP contribution in [0.15, 0.2) is 23.1 Å². The van der Waals surface area contributed by atoms with Crippen LogP contribution in [0.2, 0.25) is 0 Å². The van der Waals surface area contributed by atoms with Gasteiger partial charge in [0.2, 0.25) is 10.0 Å². The van der Waals surface area contributed by atoms with Crippen LogP contribution in [0, 0.1) is 18.8 Å². The van der Waals surface area contributed by atoms with Crippen molar-refractivity contribution in [3.8, 4) is 0 Å². The number of benzene rings is 1. The van der Waals surface area contributed by atoms with E-state index in [1.807, 2.05) is 13.8 Å². The number of hydrogen-bond donors (Lipinski definition) is 2. The summed E-state index contributed by atoms with van der Waals surface area (Å²) < 4.78 is 27.0. The molecule has 1 aromatic carbocycles. The monoisotopic (exact) mass is 284 g/mol. The molecular weight excluding hydrogens is 260 g/mol. The molecule has 0 aromatic heterocycles. The third kappa shape index (κ3) is 4.30. The van der Waals surface area contributed by atoms with Crippen molar-refractivity contribution in [1.29, 1.82) is 0 Å². The van der Waals surface area contributed by atoms with Crippen LogP contribution in [0.1, 0.15) is 31.9 Å². The summed E-state index contributed by atoms with van der Waals surface area (Å²) in [7, 11) is -3.44. The minimum Gasteiger partial charge on any atom is -0.326 e. The summed E-state index contributed by atoms with van der Waals surface area (Å²) in [6.45, 7) is 8.92. The van der Waals surface area contributed by atoms with Crippen LogP contribution < -0.4 is 10.5 Å². The summed E-state index contributed by atoms with van der Waals surface area (Å²) in [5.74, 6) is 0.745. The SMILES string of the molecule is Cc1ccc(S(=O)(=O)NCC(C)C(C)C)cc1CN. The zero-order valence-electron chi connectivity index (χ0n) is 12.1. The first-order valence-corrected chi connectivity index (χ1v) is 8.05. The second-order valence-electron chi connectivity index (χ2n) is 5.37. The van der Waals surface area contributed by atoms with Gasteiger partial charge in [-0.3, -0.25) is 0 Å². The van der Waals surface area contributed by atoms with E-state index in [9.17, 15) is 8.42 Å². The van der Waals surface area contributed by atoms with E-state index in [1.54, 1.807) is 18.2 Å². The van der Waals surface area contributed by atoms with Crippen molar-refractivity contribution in [2.24, 2.45) is 17.6 Å². The summed E-state index contributed by atoms with van der Waals surface area (Å²) in [5.41, 5.74) is 7.48. The molecule has 0 saturated carbocycles. The Morgan fingerprint density at radius 1 is 1.26 bits per heavy atom. The van der Waals surface area contributed by atoms with Crippen LogP contribution >= 0.6 is 0 Å². The van der Waals surface area contributed by atoms with Gasteiger partial charge in [0.05, 0.1) is 4.90 Å². The van der Waals surface area contributed by atoms with Crippen LogP contribution in [0.3, 0.4) is 0 Å². The third-order valence-corrected chi connectivity index (χ3v) is 5.01. The van der Waals surface area contributed by atoms with Crippen molar-refractivity contribution in [3.05, 3.63) is 29.3 Å². The summed E-state index contributed by atoms with van der Waals surface area (Å²) in [6, 6.07) is 5.07. The number of sulfonamides is 1. The second-order valence-corrected chi connectivity index (χ2v) is 7.13. The van der Waals surface area contributed by atoms with E-state index < -0.39 is 10.0 Å².